The fourth-order valence-corrected chi connectivity index (χ4v) is 0.324. The van der Waals surface area contributed by atoms with Crippen molar-refractivity contribution in [2.75, 3.05) is 7.05 Å². The third-order valence-corrected chi connectivity index (χ3v) is 0.892. The predicted molar refractivity (Wildman–Crippen MR) is 40.9 cm³/mol. The molecular weight excluding hydrogens is 114 g/mol. The summed E-state index contributed by atoms with van der Waals surface area (Å²) in [6, 6.07) is 0. The standard InChI is InChI=1S/C6H11N3/c1-5(8-2)4-6(7)9-3/h4H,3,7H2,1-2H3/b6-4-,8-5-. The molecule has 0 atom stereocenters. The van der Waals surface area contributed by atoms with E-state index in [1.165, 1.54) is 0 Å². The fraction of sp³-hybridized carbons (Fsp3) is 0.333. The van der Waals surface area contributed by atoms with E-state index in [1.54, 1.807) is 13.1 Å². The van der Waals surface area contributed by atoms with Crippen LogP contribution in [-0.4, -0.2) is 19.5 Å². The van der Waals surface area contributed by atoms with E-state index >= 15 is 0 Å². The van der Waals surface area contributed by atoms with Gasteiger partial charge in [0.15, 0.2) is 0 Å². The lowest BCUT2D eigenvalue weighted by molar-refractivity contribution is 1.26. The van der Waals surface area contributed by atoms with Crippen LogP contribution in [0.5, 0.6) is 0 Å². The van der Waals surface area contributed by atoms with Crippen molar-refractivity contribution >= 4 is 12.4 Å². The number of nitrogens with zero attached hydrogens (tertiary/aromatic N) is 2. The minimum atomic E-state index is 0.401. The zero-order chi connectivity index (χ0) is 7.28. The Bertz CT molecular complexity index is 156. The first-order chi connectivity index (χ1) is 4.20. The molecule has 0 heterocycles. The van der Waals surface area contributed by atoms with Crippen molar-refractivity contribution in [2.24, 2.45) is 15.7 Å². The van der Waals surface area contributed by atoms with Crippen LogP contribution in [0.4, 0.5) is 0 Å². The molecule has 0 aliphatic rings. The smallest absolute Gasteiger partial charge is 0.124 e. The van der Waals surface area contributed by atoms with Crippen molar-refractivity contribution in [1.29, 1.82) is 0 Å². The zero-order valence-electron chi connectivity index (χ0n) is 5.76. The molecule has 3 heteroatoms. The Morgan fingerprint density at radius 1 is 1.67 bits per heavy atom. The third-order valence-electron chi connectivity index (χ3n) is 0.892. The molecule has 0 aromatic heterocycles. The first kappa shape index (κ1) is 7.88. The number of rotatable bonds is 2. The van der Waals surface area contributed by atoms with Crippen LogP contribution >= 0.6 is 0 Å². The second kappa shape index (κ2) is 3.83. The quantitative estimate of drug-likeness (QED) is 0.539. The van der Waals surface area contributed by atoms with Gasteiger partial charge in [-0.25, -0.2) is 4.99 Å². The molecule has 0 rings (SSSR count). The topological polar surface area (TPSA) is 50.7 Å². The van der Waals surface area contributed by atoms with Gasteiger partial charge in [-0.1, -0.05) is 0 Å². The predicted octanol–water partition coefficient (Wildman–Crippen LogP) is 0.578. The Hall–Kier alpha value is -1.12. The molecule has 0 radical (unpaired) electrons. The van der Waals surface area contributed by atoms with Crippen molar-refractivity contribution in [3.63, 3.8) is 0 Å². The Labute approximate surface area is 55.0 Å². The average molecular weight is 125 g/mol. The van der Waals surface area contributed by atoms with Gasteiger partial charge in [0.25, 0.3) is 0 Å². The van der Waals surface area contributed by atoms with Crippen LogP contribution in [0.25, 0.3) is 0 Å². The van der Waals surface area contributed by atoms with Gasteiger partial charge in [-0.05, 0) is 13.6 Å². The largest absolute Gasteiger partial charge is 0.384 e. The monoisotopic (exact) mass is 125 g/mol. The van der Waals surface area contributed by atoms with Crippen LogP contribution in [0.15, 0.2) is 21.9 Å². The summed E-state index contributed by atoms with van der Waals surface area (Å²) >= 11 is 0. The molecule has 0 spiro atoms. The summed E-state index contributed by atoms with van der Waals surface area (Å²) in [4.78, 5) is 7.33. The van der Waals surface area contributed by atoms with E-state index in [-0.39, 0.29) is 0 Å². The summed E-state index contributed by atoms with van der Waals surface area (Å²) in [6.45, 7) is 5.09. The van der Waals surface area contributed by atoms with Crippen LogP contribution < -0.4 is 5.73 Å². The second-order valence-corrected chi connectivity index (χ2v) is 1.59. The van der Waals surface area contributed by atoms with E-state index in [2.05, 4.69) is 16.7 Å². The van der Waals surface area contributed by atoms with E-state index in [9.17, 15) is 0 Å². The Kier molecular flexibility index (Phi) is 3.35. The summed E-state index contributed by atoms with van der Waals surface area (Å²) < 4.78 is 0. The van der Waals surface area contributed by atoms with Crippen molar-refractivity contribution < 1.29 is 0 Å². The Morgan fingerprint density at radius 3 is 2.56 bits per heavy atom. The van der Waals surface area contributed by atoms with Crippen LogP contribution in [0.1, 0.15) is 6.92 Å². The number of hydrogen-bond acceptors (Lipinski definition) is 3. The summed E-state index contributed by atoms with van der Waals surface area (Å²) in [7, 11) is 1.70. The zero-order valence-corrected chi connectivity index (χ0v) is 5.76. The molecule has 0 aromatic rings. The van der Waals surface area contributed by atoms with Crippen LogP contribution in [0.3, 0.4) is 0 Å². The van der Waals surface area contributed by atoms with Gasteiger partial charge in [0.1, 0.15) is 5.82 Å². The molecule has 0 saturated heterocycles. The highest BCUT2D eigenvalue weighted by atomic mass is 14.9. The minimum absolute atomic E-state index is 0.401. The van der Waals surface area contributed by atoms with Gasteiger partial charge in [0, 0.05) is 18.8 Å². The molecule has 50 valence electrons. The second-order valence-electron chi connectivity index (χ2n) is 1.59. The van der Waals surface area contributed by atoms with Gasteiger partial charge in [-0.3, -0.25) is 4.99 Å². The lowest BCUT2D eigenvalue weighted by Crippen LogP contribution is -1.96. The molecule has 0 aliphatic carbocycles. The van der Waals surface area contributed by atoms with Crippen LogP contribution in [0.2, 0.25) is 0 Å². The van der Waals surface area contributed by atoms with Crippen molar-refractivity contribution in [1.82, 2.24) is 0 Å². The summed E-state index contributed by atoms with van der Waals surface area (Å²) in [6.07, 6.45) is 1.66. The molecule has 0 aromatic carbocycles. The molecule has 9 heavy (non-hydrogen) atoms. The third kappa shape index (κ3) is 3.46. The first-order valence-electron chi connectivity index (χ1n) is 2.58. The van der Waals surface area contributed by atoms with Crippen LogP contribution in [0, 0.1) is 0 Å². The first-order valence-corrected chi connectivity index (χ1v) is 2.58. The van der Waals surface area contributed by atoms with Gasteiger partial charge < -0.3 is 5.73 Å². The van der Waals surface area contributed by atoms with Gasteiger partial charge >= 0.3 is 0 Å². The maximum atomic E-state index is 5.30. The van der Waals surface area contributed by atoms with Gasteiger partial charge in [0.2, 0.25) is 0 Å². The Morgan fingerprint density at radius 2 is 2.22 bits per heavy atom. The molecular formula is C6H11N3. The van der Waals surface area contributed by atoms with E-state index in [0.29, 0.717) is 5.82 Å². The number of aliphatic imine (C=N–C) groups is 2. The van der Waals surface area contributed by atoms with E-state index in [1.807, 2.05) is 6.92 Å². The molecule has 0 amide bonds. The fourth-order valence-electron chi connectivity index (χ4n) is 0.324. The minimum Gasteiger partial charge on any atom is -0.384 e. The van der Waals surface area contributed by atoms with Crippen molar-refractivity contribution in [3.05, 3.63) is 11.9 Å². The van der Waals surface area contributed by atoms with Crippen molar-refractivity contribution in [3.8, 4) is 0 Å². The van der Waals surface area contributed by atoms with Gasteiger partial charge in [-0.15, -0.1) is 0 Å². The highest BCUT2D eigenvalue weighted by Crippen LogP contribution is 1.85. The lowest BCUT2D eigenvalue weighted by atomic mass is 10.4. The maximum absolute atomic E-state index is 5.30. The molecule has 0 fully saturated rings. The number of nitrogens with two attached hydrogens (primary N) is 1. The number of allylic oxidation sites excluding steroid dienone is 1. The molecule has 3 nitrogen and oxygen atoms in total. The van der Waals surface area contributed by atoms with Crippen molar-refractivity contribution in [2.45, 2.75) is 6.92 Å². The molecule has 0 bridgehead atoms. The Balaban J connectivity index is 4.11. The normalized spacial score (nSPS) is 13.6. The molecule has 2 N–H and O–H groups in total. The van der Waals surface area contributed by atoms with E-state index < -0.39 is 0 Å². The highest BCUT2D eigenvalue weighted by molar-refractivity contribution is 5.93. The average Bonchev–Trinajstić information content (AvgIpc) is 1.87. The summed E-state index contributed by atoms with van der Waals surface area (Å²) in [5.41, 5.74) is 6.15. The summed E-state index contributed by atoms with van der Waals surface area (Å²) in [5.74, 6) is 0.401. The summed E-state index contributed by atoms with van der Waals surface area (Å²) in [5, 5.41) is 0. The number of hydrogen-bond donors (Lipinski definition) is 1. The maximum Gasteiger partial charge on any atom is 0.124 e. The van der Waals surface area contributed by atoms with E-state index in [0.717, 1.165) is 5.71 Å². The van der Waals surface area contributed by atoms with Gasteiger partial charge in [-0.2, -0.15) is 0 Å². The van der Waals surface area contributed by atoms with Gasteiger partial charge in [0.05, 0.1) is 0 Å². The van der Waals surface area contributed by atoms with Crippen LogP contribution in [-0.2, 0) is 0 Å². The highest BCUT2D eigenvalue weighted by Gasteiger charge is 1.82. The molecule has 0 aliphatic heterocycles. The molecule has 0 saturated carbocycles. The lowest BCUT2D eigenvalue weighted by Gasteiger charge is -1.89. The molecule has 0 unspecified atom stereocenters. The SMILES string of the molecule is C=N/C(N)=C\C(C)=N/C. The van der Waals surface area contributed by atoms with E-state index in [4.69, 9.17) is 5.73 Å².